The number of carbonyl (C=O) groups is 2. The summed E-state index contributed by atoms with van der Waals surface area (Å²) >= 11 is 1.04. The van der Waals surface area contributed by atoms with E-state index < -0.39 is 10.8 Å². The van der Waals surface area contributed by atoms with Gasteiger partial charge in [0.1, 0.15) is 0 Å². The van der Waals surface area contributed by atoms with Crippen molar-refractivity contribution < 1.29 is 14.5 Å². The molecule has 1 heterocycles. The topological polar surface area (TPSA) is 122 Å². The van der Waals surface area contributed by atoms with Crippen molar-refractivity contribution >= 4 is 40.6 Å². The highest BCUT2D eigenvalue weighted by Crippen LogP contribution is 2.30. The zero-order chi connectivity index (χ0) is 22.5. The van der Waals surface area contributed by atoms with Crippen LogP contribution in [0, 0.1) is 17.0 Å². The second-order valence-electron chi connectivity index (χ2n) is 7.43. The summed E-state index contributed by atoms with van der Waals surface area (Å²) in [5.41, 5.74) is 7.77. The third-order valence-corrected chi connectivity index (χ3v) is 6.21. The van der Waals surface area contributed by atoms with Crippen LogP contribution in [0.3, 0.4) is 0 Å². The van der Waals surface area contributed by atoms with Crippen molar-refractivity contribution in [3.05, 3.63) is 57.6 Å². The number of primary amides is 1. The highest BCUT2D eigenvalue weighted by molar-refractivity contribution is 8.00. The number of nitro groups is 1. The number of anilines is 2. The SMILES string of the molecule is Cc1cc(N2CCN(C)CC2)ccc1NC(=O)CSc1ccc(C(N)=O)cc1[N+](=O)[O-]. The van der Waals surface area contributed by atoms with Crippen molar-refractivity contribution in [3.8, 4) is 0 Å². The lowest BCUT2D eigenvalue weighted by Gasteiger charge is -2.34. The third-order valence-electron chi connectivity index (χ3n) is 5.15. The minimum absolute atomic E-state index is 0.00356. The molecule has 1 saturated heterocycles. The Labute approximate surface area is 184 Å². The van der Waals surface area contributed by atoms with Gasteiger partial charge in [-0.3, -0.25) is 19.7 Å². The number of hydrogen-bond donors (Lipinski definition) is 2. The largest absolute Gasteiger partial charge is 0.369 e. The van der Waals surface area contributed by atoms with E-state index in [9.17, 15) is 19.7 Å². The van der Waals surface area contributed by atoms with Gasteiger partial charge in [0.05, 0.1) is 15.6 Å². The van der Waals surface area contributed by atoms with E-state index >= 15 is 0 Å². The van der Waals surface area contributed by atoms with Crippen molar-refractivity contribution in [3.63, 3.8) is 0 Å². The number of thioether (sulfide) groups is 1. The fraction of sp³-hybridized carbons (Fsp3) is 0.333. The molecule has 3 rings (SSSR count). The Morgan fingerprint density at radius 3 is 2.48 bits per heavy atom. The molecule has 2 aromatic carbocycles. The Morgan fingerprint density at radius 1 is 1.16 bits per heavy atom. The number of nitrogens with two attached hydrogens (primary N) is 1. The van der Waals surface area contributed by atoms with Gasteiger partial charge < -0.3 is 20.9 Å². The normalized spacial score (nSPS) is 14.3. The number of benzene rings is 2. The minimum atomic E-state index is -0.743. The standard InChI is InChI=1S/C21H25N5O4S/c1-14-11-16(25-9-7-24(2)8-10-25)4-5-17(14)23-20(27)13-31-19-6-3-15(21(22)28)12-18(19)26(29)30/h3-6,11-12H,7-10,13H2,1-2H3,(H2,22,28)(H,23,27). The summed E-state index contributed by atoms with van der Waals surface area (Å²) in [4.78, 5) is 39.3. The van der Waals surface area contributed by atoms with Gasteiger partial charge in [-0.15, -0.1) is 11.8 Å². The van der Waals surface area contributed by atoms with Crippen LogP contribution in [0.25, 0.3) is 0 Å². The Kier molecular flexibility index (Phi) is 7.13. The van der Waals surface area contributed by atoms with E-state index in [-0.39, 0.29) is 22.9 Å². The summed E-state index contributed by atoms with van der Waals surface area (Å²) in [6.07, 6.45) is 0. The smallest absolute Gasteiger partial charge is 0.283 e. The van der Waals surface area contributed by atoms with Gasteiger partial charge in [-0.1, -0.05) is 0 Å². The van der Waals surface area contributed by atoms with Crippen LogP contribution < -0.4 is 16.0 Å². The number of nitrogens with zero attached hydrogens (tertiary/aromatic N) is 3. The van der Waals surface area contributed by atoms with Gasteiger partial charge in [0.15, 0.2) is 0 Å². The molecular weight excluding hydrogens is 418 g/mol. The molecule has 1 aliphatic rings. The van der Waals surface area contributed by atoms with Gasteiger partial charge in [0.2, 0.25) is 11.8 Å². The predicted molar refractivity (Wildman–Crippen MR) is 122 cm³/mol. The third kappa shape index (κ3) is 5.74. The molecule has 0 aliphatic carbocycles. The van der Waals surface area contributed by atoms with Crippen molar-refractivity contribution in [2.24, 2.45) is 5.73 Å². The fourth-order valence-electron chi connectivity index (χ4n) is 3.31. The Balaban J connectivity index is 1.62. The Hall–Kier alpha value is -3.11. The maximum absolute atomic E-state index is 12.4. The Bertz CT molecular complexity index is 1010. The number of hydrogen-bond acceptors (Lipinski definition) is 7. The van der Waals surface area contributed by atoms with Crippen molar-refractivity contribution in [1.29, 1.82) is 0 Å². The number of piperazine rings is 1. The highest BCUT2D eigenvalue weighted by Gasteiger charge is 2.19. The van der Waals surface area contributed by atoms with E-state index in [1.807, 2.05) is 19.1 Å². The van der Waals surface area contributed by atoms with Crippen molar-refractivity contribution in [1.82, 2.24) is 4.90 Å². The molecular formula is C21H25N5O4S. The maximum Gasteiger partial charge on any atom is 0.283 e. The van der Waals surface area contributed by atoms with Gasteiger partial charge in [0.25, 0.3) is 5.69 Å². The van der Waals surface area contributed by atoms with Gasteiger partial charge in [-0.2, -0.15) is 0 Å². The maximum atomic E-state index is 12.4. The first kappa shape index (κ1) is 22.6. The molecule has 2 aromatic rings. The zero-order valence-corrected chi connectivity index (χ0v) is 18.3. The molecule has 0 atom stereocenters. The number of aryl methyl sites for hydroxylation is 1. The molecule has 3 N–H and O–H groups in total. The number of amides is 2. The number of carbonyl (C=O) groups excluding carboxylic acids is 2. The van der Waals surface area contributed by atoms with Gasteiger partial charge in [-0.25, -0.2) is 0 Å². The van der Waals surface area contributed by atoms with Crippen LogP contribution in [0.1, 0.15) is 15.9 Å². The lowest BCUT2D eigenvalue weighted by atomic mass is 10.1. The minimum Gasteiger partial charge on any atom is -0.369 e. The first-order chi connectivity index (χ1) is 14.7. The lowest BCUT2D eigenvalue weighted by Crippen LogP contribution is -2.44. The number of nitro benzene ring substituents is 1. The van der Waals surface area contributed by atoms with Crippen LogP contribution in [0.15, 0.2) is 41.3 Å². The van der Waals surface area contributed by atoms with Crippen LogP contribution in [0.5, 0.6) is 0 Å². The summed E-state index contributed by atoms with van der Waals surface area (Å²) in [6.45, 7) is 5.90. The number of likely N-dealkylation sites (N-methyl/N-ethyl adjacent to an activating group) is 1. The van der Waals surface area contributed by atoms with Crippen molar-refractivity contribution in [2.75, 3.05) is 49.2 Å². The summed E-state index contributed by atoms with van der Waals surface area (Å²) < 4.78 is 0. The Morgan fingerprint density at radius 2 is 1.87 bits per heavy atom. The van der Waals surface area contributed by atoms with E-state index in [0.717, 1.165) is 55.3 Å². The zero-order valence-electron chi connectivity index (χ0n) is 17.5. The molecule has 0 aromatic heterocycles. The molecule has 0 saturated carbocycles. The fourth-order valence-corrected chi connectivity index (χ4v) is 4.12. The number of rotatable bonds is 7. The van der Waals surface area contributed by atoms with E-state index in [1.165, 1.54) is 12.1 Å². The van der Waals surface area contributed by atoms with E-state index in [2.05, 4.69) is 28.2 Å². The van der Waals surface area contributed by atoms with Crippen LogP contribution in [0.4, 0.5) is 17.1 Å². The molecule has 164 valence electrons. The summed E-state index contributed by atoms with van der Waals surface area (Å²) in [7, 11) is 2.11. The number of nitrogens with one attached hydrogen (secondary N) is 1. The van der Waals surface area contributed by atoms with Gasteiger partial charge in [-0.05, 0) is 49.9 Å². The average Bonchev–Trinajstić information content (AvgIpc) is 2.74. The molecule has 10 heteroatoms. The van der Waals surface area contributed by atoms with Gasteiger partial charge in [0, 0.05) is 49.2 Å². The van der Waals surface area contributed by atoms with E-state index in [1.54, 1.807) is 0 Å². The average molecular weight is 444 g/mol. The molecule has 0 unspecified atom stereocenters. The molecule has 0 spiro atoms. The van der Waals surface area contributed by atoms with Crippen molar-refractivity contribution in [2.45, 2.75) is 11.8 Å². The van der Waals surface area contributed by atoms with E-state index in [0.29, 0.717) is 10.6 Å². The van der Waals surface area contributed by atoms with Crippen LogP contribution in [0.2, 0.25) is 0 Å². The first-order valence-electron chi connectivity index (χ1n) is 9.79. The molecule has 31 heavy (non-hydrogen) atoms. The molecule has 9 nitrogen and oxygen atoms in total. The van der Waals surface area contributed by atoms with Crippen LogP contribution >= 0.6 is 11.8 Å². The monoisotopic (exact) mass is 443 g/mol. The highest BCUT2D eigenvalue weighted by atomic mass is 32.2. The van der Waals surface area contributed by atoms with E-state index in [4.69, 9.17) is 5.73 Å². The van der Waals surface area contributed by atoms with Gasteiger partial charge >= 0.3 is 0 Å². The molecule has 2 amide bonds. The summed E-state index contributed by atoms with van der Waals surface area (Å²) in [5.74, 6) is -1.02. The molecule has 0 radical (unpaired) electrons. The summed E-state index contributed by atoms with van der Waals surface area (Å²) in [6, 6.07) is 9.92. The lowest BCUT2D eigenvalue weighted by molar-refractivity contribution is -0.387. The predicted octanol–water partition coefficient (Wildman–Crippen LogP) is 2.48. The molecule has 1 fully saturated rings. The second-order valence-corrected chi connectivity index (χ2v) is 8.45. The van der Waals surface area contributed by atoms with Crippen LogP contribution in [-0.4, -0.2) is 60.6 Å². The summed E-state index contributed by atoms with van der Waals surface area (Å²) in [5, 5.41) is 14.2. The molecule has 1 aliphatic heterocycles. The quantitative estimate of drug-likeness (QED) is 0.383. The molecule has 0 bridgehead atoms. The first-order valence-corrected chi connectivity index (χ1v) is 10.8. The van der Waals surface area contributed by atoms with Crippen LogP contribution in [-0.2, 0) is 4.79 Å². The second kappa shape index (κ2) is 9.80.